The van der Waals surface area contributed by atoms with Crippen molar-refractivity contribution in [2.45, 2.75) is 4.90 Å². The molecule has 0 fully saturated rings. The predicted molar refractivity (Wildman–Crippen MR) is 105 cm³/mol. The number of para-hydroxylation sites is 1. The molecule has 7 heteroatoms. The van der Waals surface area contributed by atoms with E-state index in [2.05, 4.69) is 4.72 Å². The topological polar surface area (TPSA) is 82.3 Å². The van der Waals surface area contributed by atoms with E-state index >= 15 is 0 Å². The van der Waals surface area contributed by atoms with Gasteiger partial charge in [-0.1, -0.05) is 30.4 Å². The highest BCUT2D eigenvalue weighted by Crippen LogP contribution is 2.23. The van der Waals surface area contributed by atoms with E-state index in [1.165, 1.54) is 31.6 Å². The maximum atomic E-state index is 12.7. The molecule has 0 saturated carbocycles. The first-order valence-electron chi connectivity index (χ1n) is 8.11. The minimum Gasteiger partial charge on any atom is -0.619 e. The van der Waals surface area contributed by atoms with Crippen LogP contribution in [0.1, 0.15) is 11.1 Å². The van der Waals surface area contributed by atoms with Gasteiger partial charge < -0.3 is 9.94 Å². The van der Waals surface area contributed by atoms with Crippen LogP contribution >= 0.6 is 0 Å². The molecule has 1 N–H and O–H groups in total. The van der Waals surface area contributed by atoms with Crippen molar-refractivity contribution in [1.82, 2.24) is 0 Å². The molecule has 0 aliphatic heterocycles. The number of hydrogen-bond acceptors (Lipinski definition) is 4. The fourth-order valence-corrected chi connectivity index (χ4v) is 3.50. The molecule has 0 bridgehead atoms. The number of anilines is 1. The molecule has 3 rings (SSSR count). The van der Waals surface area contributed by atoms with Crippen molar-refractivity contribution >= 4 is 27.9 Å². The van der Waals surface area contributed by atoms with Crippen LogP contribution in [0.4, 0.5) is 5.69 Å². The van der Waals surface area contributed by atoms with E-state index in [0.717, 1.165) is 5.56 Å². The lowest BCUT2D eigenvalue weighted by Gasteiger charge is -2.11. The first-order valence-corrected chi connectivity index (χ1v) is 9.59. The van der Waals surface area contributed by atoms with Crippen LogP contribution in [0.25, 0.3) is 12.2 Å². The van der Waals surface area contributed by atoms with Crippen LogP contribution in [-0.2, 0) is 10.0 Å². The van der Waals surface area contributed by atoms with Crippen LogP contribution in [-0.4, -0.2) is 15.5 Å². The van der Waals surface area contributed by atoms with Gasteiger partial charge in [0, 0.05) is 12.1 Å². The number of aromatic nitrogens is 1. The molecule has 0 atom stereocenters. The largest absolute Gasteiger partial charge is 0.619 e. The fraction of sp³-hybridized carbons (Fsp3) is 0.0500. The second kappa shape index (κ2) is 7.92. The summed E-state index contributed by atoms with van der Waals surface area (Å²) >= 11 is 0. The number of nitrogens with one attached hydrogen (secondary N) is 1. The van der Waals surface area contributed by atoms with Crippen molar-refractivity contribution in [2.24, 2.45) is 0 Å². The number of nitrogens with zero attached hydrogens (tertiary/aromatic N) is 1. The van der Waals surface area contributed by atoms with Crippen molar-refractivity contribution in [2.75, 3.05) is 11.8 Å². The van der Waals surface area contributed by atoms with Crippen molar-refractivity contribution in [3.8, 4) is 5.75 Å². The Kier molecular flexibility index (Phi) is 5.42. The van der Waals surface area contributed by atoms with Gasteiger partial charge in [0.2, 0.25) is 0 Å². The SMILES string of the molecule is COc1ccc(S(=O)(=O)Nc2ccccc2C=Cc2cc[n+]([O-])cc2)cc1. The van der Waals surface area contributed by atoms with Gasteiger partial charge in [-0.05, 0) is 41.5 Å². The standard InChI is InChI=1S/C20H18N2O4S/c1-26-18-8-10-19(11-9-18)27(24,25)21-20-5-3-2-4-17(20)7-6-16-12-14-22(23)15-13-16/h2-15,21H,1H3. The first-order chi connectivity index (χ1) is 13.0. The molecule has 0 aliphatic carbocycles. The van der Waals surface area contributed by atoms with Crippen molar-refractivity contribution in [3.63, 3.8) is 0 Å². The average molecular weight is 382 g/mol. The Labute approximate surface area is 158 Å². The van der Waals surface area contributed by atoms with Crippen LogP contribution in [0.5, 0.6) is 5.75 Å². The molecule has 0 aliphatic rings. The Morgan fingerprint density at radius 1 is 0.963 bits per heavy atom. The van der Waals surface area contributed by atoms with E-state index in [1.54, 1.807) is 54.6 Å². The summed E-state index contributed by atoms with van der Waals surface area (Å²) in [5.74, 6) is 0.583. The molecule has 0 radical (unpaired) electrons. The normalized spacial score (nSPS) is 11.4. The summed E-state index contributed by atoms with van der Waals surface area (Å²) in [4.78, 5) is 0.144. The highest BCUT2D eigenvalue weighted by molar-refractivity contribution is 7.92. The molecule has 0 amide bonds. The quantitative estimate of drug-likeness (QED) is 0.524. The minimum absolute atomic E-state index is 0.144. The zero-order valence-electron chi connectivity index (χ0n) is 14.6. The Morgan fingerprint density at radius 2 is 1.63 bits per heavy atom. The molecule has 3 aromatic rings. The maximum absolute atomic E-state index is 12.7. The first kappa shape index (κ1) is 18.5. The number of ether oxygens (including phenoxy) is 1. The van der Waals surface area contributed by atoms with E-state index in [4.69, 9.17) is 4.74 Å². The van der Waals surface area contributed by atoms with Crippen molar-refractivity contribution < 1.29 is 17.9 Å². The second-order valence-corrected chi connectivity index (χ2v) is 7.38. The van der Waals surface area contributed by atoms with Gasteiger partial charge in [-0.3, -0.25) is 4.72 Å². The van der Waals surface area contributed by atoms with Gasteiger partial charge in [0.05, 0.1) is 17.7 Å². The molecule has 27 heavy (non-hydrogen) atoms. The molecule has 0 spiro atoms. The van der Waals surface area contributed by atoms with Crippen LogP contribution in [0.3, 0.4) is 0 Å². The van der Waals surface area contributed by atoms with Gasteiger partial charge >= 0.3 is 0 Å². The highest BCUT2D eigenvalue weighted by Gasteiger charge is 2.15. The third kappa shape index (κ3) is 4.65. The number of rotatable bonds is 6. The highest BCUT2D eigenvalue weighted by atomic mass is 32.2. The summed E-state index contributed by atoms with van der Waals surface area (Å²) in [6, 6.07) is 16.6. The Morgan fingerprint density at radius 3 is 2.30 bits per heavy atom. The van der Waals surface area contributed by atoms with Gasteiger partial charge in [-0.15, -0.1) is 0 Å². The molecule has 2 aromatic carbocycles. The number of benzene rings is 2. The lowest BCUT2D eigenvalue weighted by Crippen LogP contribution is -2.23. The molecular formula is C20H18N2O4S. The van der Waals surface area contributed by atoms with Crippen molar-refractivity contribution in [3.05, 3.63) is 89.4 Å². The predicted octanol–water partition coefficient (Wildman–Crippen LogP) is 3.30. The van der Waals surface area contributed by atoms with Gasteiger partial charge in [-0.2, -0.15) is 4.73 Å². The number of hydrogen-bond donors (Lipinski definition) is 1. The lowest BCUT2D eigenvalue weighted by atomic mass is 10.1. The van der Waals surface area contributed by atoms with E-state index in [1.807, 2.05) is 6.07 Å². The fourth-order valence-electron chi connectivity index (χ4n) is 2.42. The summed E-state index contributed by atoms with van der Waals surface area (Å²) in [5, 5.41) is 11.1. The zero-order chi connectivity index (χ0) is 19.3. The summed E-state index contributed by atoms with van der Waals surface area (Å²) < 4.78 is 33.7. The molecule has 1 aromatic heterocycles. The van der Waals surface area contributed by atoms with Gasteiger partial charge in [0.25, 0.3) is 10.0 Å². The molecular weight excluding hydrogens is 364 g/mol. The summed E-state index contributed by atoms with van der Waals surface area (Å²) in [6.07, 6.45) is 6.40. The van der Waals surface area contributed by atoms with E-state index in [0.29, 0.717) is 21.7 Å². The summed E-state index contributed by atoms with van der Waals surface area (Å²) in [5.41, 5.74) is 1.99. The molecule has 0 unspecified atom stereocenters. The smallest absolute Gasteiger partial charge is 0.261 e. The van der Waals surface area contributed by atoms with Crippen LogP contribution < -0.4 is 14.2 Å². The van der Waals surface area contributed by atoms with E-state index in [9.17, 15) is 13.6 Å². The zero-order valence-corrected chi connectivity index (χ0v) is 15.4. The van der Waals surface area contributed by atoms with Crippen molar-refractivity contribution in [1.29, 1.82) is 0 Å². The third-order valence-electron chi connectivity index (χ3n) is 3.86. The van der Waals surface area contributed by atoms with Crippen LogP contribution in [0.2, 0.25) is 0 Å². The summed E-state index contributed by atoms with van der Waals surface area (Å²) in [7, 11) is -2.21. The number of sulfonamides is 1. The van der Waals surface area contributed by atoms with Gasteiger partial charge in [0.15, 0.2) is 12.4 Å². The number of pyridine rings is 1. The third-order valence-corrected chi connectivity index (χ3v) is 5.24. The maximum Gasteiger partial charge on any atom is 0.261 e. The van der Waals surface area contributed by atoms with Crippen LogP contribution in [0, 0.1) is 5.21 Å². The monoisotopic (exact) mass is 382 g/mol. The van der Waals surface area contributed by atoms with Gasteiger partial charge in [0.1, 0.15) is 5.75 Å². The molecule has 6 nitrogen and oxygen atoms in total. The Hall–Kier alpha value is -3.32. The Bertz CT molecular complexity index is 1040. The summed E-state index contributed by atoms with van der Waals surface area (Å²) in [6.45, 7) is 0. The molecule has 1 heterocycles. The van der Waals surface area contributed by atoms with E-state index in [-0.39, 0.29) is 4.90 Å². The number of methoxy groups -OCH3 is 1. The van der Waals surface area contributed by atoms with Crippen LogP contribution in [0.15, 0.2) is 78.0 Å². The Balaban J connectivity index is 1.85. The average Bonchev–Trinajstić information content (AvgIpc) is 2.68. The molecule has 0 saturated heterocycles. The minimum atomic E-state index is -3.73. The second-order valence-electron chi connectivity index (χ2n) is 5.69. The van der Waals surface area contributed by atoms with E-state index < -0.39 is 10.0 Å². The lowest BCUT2D eigenvalue weighted by molar-refractivity contribution is -0.605. The van der Waals surface area contributed by atoms with Gasteiger partial charge in [-0.25, -0.2) is 8.42 Å². The molecule has 138 valence electrons.